The third kappa shape index (κ3) is 8.24. The minimum atomic E-state index is -4.19. The third-order valence-corrected chi connectivity index (χ3v) is 10.7. The first-order chi connectivity index (χ1) is 20.4. The van der Waals surface area contributed by atoms with Crippen molar-refractivity contribution >= 4 is 62.3 Å². The van der Waals surface area contributed by atoms with Crippen molar-refractivity contribution in [3.8, 4) is 0 Å². The van der Waals surface area contributed by atoms with Gasteiger partial charge in [-0.05, 0) is 81.1 Å². The van der Waals surface area contributed by atoms with Crippen molar-refractivity contribution in [1.82, 2.24) is 10.2 Å². The van der Waals surface area contributed by atoms with E-state index in [1.807, 2.05) is 13.8 Å². The minimum absolute atomic E-state index is 0.0159. The largest absolute Gasteiger partial charge is 0.352 e. The molecular weight excluding hydrogens is 629 g/mol. The van der Waals surface area contributed by atoms with Gasteiger partial charge in [-0.3, -0.25) is 13.9 Å². The van der Waals surface area contributed by atoms with E-state index in [9.17, 15) is 18.0 Å². The first-order valence-electron chi connectivity index (χ1n) is 14.3. The molecule has 0 radical (unpaired) electrons. The fourth-order valence-electron chi connectivity index (χ4n) is 5.09. The molecule has 4 rings (SSSR count). The molecule has 0 aromatic heterocycles. The topological polar surface area (TPSA) is 86.8 Å². The smallest absolute Gasteiger partial charge is 0.264 e. The second kappa shape index (κ2) is 14.3. The van der Waals surface area contributed by atoms with E-state index in [4.69, 9.17) is 34.8 Å². The second-order valence-electron chi connectivity index (χ2n) is 11.0. The molecule has 0 unspecified atom stereocenters. The van der Waals surface area contributed by atoms with Crippen LogP contribution in [0.25, 0.3) is 0 Å². The van der Waals surface area contributed by atoms with E-state index in [2.05, 4.69) is 5.32 Å². The summed E-state index contributed by atoms with van der Waals surface area (Å²) in [6.07, 6.45) is 4.98. The Morgan fingerprint density at radius 3 is 2.19 bits per heavy atom. The van der Waals surface area contributed by atoms with E-state index in [0.29, 0.717) is 20.6 Å². The van der Waals surface area contributed by atoms with Gasteiger partial charge in [0.1, 0.15) is 12.6 Å². The zero-order valence-electron chi connectivity index (χ0n) is 24.4. The maximum atomic E-state index is 14.2. The van der Waals surface area contributed by atoms with E-state index in [0.717, 1.165) is 47.5 Å². The molecule has 11 heteroatoms. The Morgan fingerprint density at radius 2 is 1.56 bits per heavy atom. The van der Waals surface area contributed by atoms with Crippen molar-refractivity contribution in [3.05, 3.63) is 92.4 Å². The molecule has 1 aliphatic carbocycles. The highest BCUT2D eigenvalue weighted by molar-refractivity contribution is 7.92. The van der Waals surface area contributed by atoms with Crippen molar-refractivity contribution in [3.63, 3.8) is 0 Å². The van der Waals surface area contributed by atoms with Crippen LogP contribution in [0, 0.1) is 13.8 Å². The molecule has 0 aliphatic heterocycles. The molecular formula is C32H36Cl3N3O4S. The first kappa shape index (κ1) is 33.1. The number of amides is 2. The summed E-state index contributed by atoms with van der Waals surface area (Å²) < 4.78 is 29.1. The van der Waals surface area contributed by atoms with Gasteiger partial charge in [0.25, 0.3) is 10.0 Å². The minimum Gasteiger partial charge on any atom is -0.352 e. The Balaban J connectivity index is 1.71. The van der Waals surface area contributed by atoms with Crippen LogP contribution in [-0.2, 0) is 26.2 Å². The number of aryl methyl sites for hydroxylation is 2. The van der Waals surface area contributed by atoms with Gasteiger partial charge >= 0.3 is 0 Å². The van der Waals surface area contributed by atoms with E-state index < -0.39 is 28.5 Å². The highest BCUT2D eigenvalue weighted by atomic mass is 35.5. The number of halogens is 3. The van der Waals surface area contributed by atoms with Crippen molar-refractivity contribution in [1.29, 1.82) is 0 Å². The maximum Gasteiger partial charge on any atom is 0.264 e. The predicted molar refractivity (Wildman–Crippen MR) is 173 cm³/mol. The molecule has 1 N–H and O–H groups in total. The summed E-state index contributed by atoms with van der Waals surface area (Å²) in [5.74, 6) is -0.864. The molecule has 3 aromatic carbocycles. The van der Waals surface area contributed by atoms with Crippen LogP contribution in [0.5, 0.6) is 0 Å². The monoisotopic (exact) mass is 663 g/mol. The number of sulfonamides is 1. The highest BCUT2D eigenvalue weighted by Gasteiger charge is 2.33. The second-order valence-corrected chi connectivity index (χ2v) is 14.1. The molecule has 43 heavy (non-hydrogen) atoms. The molecule has 1 saturated carbocycles. The van der Waals surface area contributed by atoms with Crippen LogP contribution in [0.15, 0.2) is 65.6 Å². The molecule has 2 amide bonds. The van der Waals surface area contributed by atoms with Crippen molar-refractivity contribution in [2.24, 2.45) is 0 Å². The van der Waals surface area contributed by atoms with E-state index in [1.165, 1.54) is 23.1 Å². The quantitative estimate of drug-likeness (QED) is 0.246. The van der Waals surface area contributed by atoms with Crippen LogP contribution >= 0.6 is 34.8 Å². The zero-order valence-corrected chi connectivity index (χ0v) is 27.5. The van der Waals surface area contributed by atoms with Crippen LogP contribution in [0.4, 0.5) is 5.69 Å². The number of benzene rings is 3. The summed E-state index contributed by atoms with van der Waals surface area (Å²) >= 11 is 18.8. The normalized spacial score (nSPS) is 14.7. The van der Waals surface area contributed by atoms with Gasteiger partial charge in [0.2, 0.25) is 11.8 Å². The molecule has 230 valence electrons. The molecule has 1 atom stereocenters. The van der Waals surface area contributed by atoms with Crippen molar-refractivity contribution in [2.75, 3.05) is 10.8 Å². The van der Waals surface area contributed by atoms with Gasteiger partial charge in [-0.15, -0.1) is 0 Å². The molecule has 0 bridgehead atoms. The van der Waals surface area contributed by atoms with Gasteiger partial charge in [-0.1, -0.05) is 83.9 Å². The standard InChI is InChI=1S/C32H36Cl3N3O4S/c1-21-9-14-27(15-10-21)43(41,42)38(26-13-11-22(2)29(34)18-26)20-31(39)37(19-24-12-16-28(33)30(35)17-24)23(3)32(40)36-25-7-5-4-6-8-25/h9-18,23,25H,4-8,19-20H2,1-3H3,(H,36,40)/t23-/m0/s1. The van der Waals surface area contributed by atoms with Gasteiger partial charge in [0.15, 0.2) is 0 Å². The Hall–Kier alpha value is -2.78. The number of rotatable bonds is 10. The average Bonchev–Trinajstić information content (AvgIpc) is 2.98. The Bertz CT molecular complexity index is 1580. The summed E-state index contributed by atoms with van der Waals surface area (Å²) in [4.78, 5) is 29.0. The molecule has 0 saturated heterocycles. The lowest BCUT2D eigenvalue weighted by Gasteiger charge is -2.33. The molecule has 0 heterocycles. The van der Waals surface area contributed by atoms with Crippen LogP contribution in [-0.4, -0.2) is 43.8 Å². The number of carbonyl (C=O) groups excluding carboxylic acids is 2. The summed E-state index contributed by atoms with van der Waals surface area (Å²) in [5, 5.41) is 4.12. The Labute approximate surface area is 269 Å². The molecule has 7 nitrogen and oxygen atoms in total. The number of hydrogen-bond donors (Lipinski definition) is 1. The van der Waals surface area contributed by atoms with Gasteiger partial charge < -0.3 is 10.2 Å². The fourth-order valence-corrected chi connectivity index (χ4v) is 6.99. The number of nitrogens with zero attached hydrogens (tertiary/aromatic N) is 2. The highest BCUT2D eigenvalue weighted by Crippen LogP contribution is 2.29. The lowest BCUT2D eigenvalue weighted by Crippen LogP contribution is -2.53. The lowest BCUT2D eigenvalue weighted by molar-refractivity contribution is -0.139. The summed E-state index contributed by atoms with van der Waals surface area (Å²) in [6, 6.07) is 15.4. The van der Waals surface area contributed by atoms with Crippen molar-refractivity contribution in [2.45, 2.75) is 76.4 Å². The fraction of sp³-hybridized carbons (Fsp3) is 0.375. The van der Waals surface area contributed by atoms with Crippen LogP contribution in [0.2, 0.25) is 15.1 Å². The predicted octanol–water partition coefficient (Wildman–Crippen LogP) is 7.33. The SMILES string of the molecule is Cc1ccc(S(=O)(=O)N(CC(=O)N(Cc2ccc(Cl)c(Cl)c2)[C@@H](C)C(=O)NC2CCCCC2)c2ccc(C)c(Cl)c2)cc1. The third-order valence-electron chi connectivity index (χ3n) is 7.79. The van der Waals surface area contributed by atoms with E-state index in [-0.39, 0.29) is 29.1 Å². The van der Waals surface area contributed by atoms with Crippen molar-refractivity contribution < 1.29 is 18.0 Å². The summed E-state index contributed by atoms with van der Waals surface area (Å²) in [6.45, 7) is 4.77. The molecule has 1 fully saturated rings. The Morgan fingerprint density at radius 1 is 0.884 bits per heavy atom. The number of hydrogen-bond acceptors (Lipinski definition) is 4. The molecule has 1 aliphatic rings. The first-order valence-corrected chi connectivity index (χ1v) is 16.8. The van der Waals surface area contributed by atoms with Gasteiger partial charge in [-0.2, -0.15) is 0 Å². The van der Waals surface area contributed by atoms with E-state index >= 15 is 0 Å². The van der Waals surface area contributed by atoms with Gasteiger partial charge in [0, 0.05) is 17.6 Å². The Kier molecular flexibility index (Phi) is 11.0. The number of carbonyl (C=O) groups is 2. The lowest BCUT2D eigenvalue weighted by atomic mass is 9.95. The van der Waals surface area contributed by atoms with Gasteiger partial charge in [0.05, 0.1) is 20.6 Å². The van der Waals surface area contributed by atoms with Gasteiger partial charge in [-0.25, -0.2) is 8.42 Å². The van der Waals surface area contributed by atoms with Crippen LogP contribution in [0.3, 0.4) is 0 Å². The van der Waals surface area contributed by atoms with E-state index in [1.54, 1.807) is 49.4 Å². The number of nitrogens with one attached hydrogen (secondary N) is 1. The van der Waals surface area contributed by atoms with Crippen LogP contribution in [0.1, 0.15) is 55.7 Å². The number of anilines is 1. The molecule has 0 spiro atoms. The van der Waals surface area contributed by atoms with Crippen LogP contribution < -0.4 is 9.62 Å². The zero-order chi connectivity index (χ0) is 31.3. The maximum absolute atomic E-state index is 14.2. The molecule has 3 aromatic rings. The average molecular weight is 665 g/mol. The summed E-state index contributed by atoms with van der Waals surface area (Å²) in [7, 11) is -4.19. The summed E-state index contributed by atoms with van der Waals surface area (Å²) in [5.41, 5.74) is 2.54.